The van der Waals surface area contributed by atoms with Crippen molar-refractivity contribution in [3.8, 4) is 0 Å². The van der Waals surface area contributed by atoms with Gasteiger partial charge >= 0.3 is 12.0 Å². The Morgan fingerprint density at radius 1 is 1.30 bits per heavy atom. The van der Waals surface area contributed by atoms with Crippen molar-refractivity contribution in [1.82, 2.24) is 4.90 Å². The summed E-state index contributed by atoms with van der Waals surface area (Å²) < 4.78 is 18.4. The predicted molar refractivity (Wildman–Crippen MR) is 101 cm³/mol. The van der Waals surface area contributed by atoms with Gasteiger partial charge in [0.05, 0.1) is 24.1 Å². The van der Waals surface area contributed by atoms with E-state index in [0.29, 0.717) is 18.7 Å². The number of hydrogen-bond acceptors (Lipinski definition) is 3. The summed E-state index contributed by atoms with van der Waals surface area (Å²) in [6.07, 6.45) is 0.759. The fraction of sp³-hybridized carbons (Fsp3) is 0.300. The molecule has 1 N–H and O–H groups in total. The number of amides is 2. The van der Waals surface area contributed by atoms with E-state index in [1.54, 1.807) is 11.8 Å². The molecule has 0 aromatic heterocycles. The third-order valence-electron chi connectivity index (χ3n) is 4.51. The zero-order chi connectivity index (χ0) is 19.4. The van der Waals surface area contributed by atoms with Crippen LogP contribution in [-0.4, -0.2) is 30.1 Å². The third-order valence-corrected chi connectivity index (χ3v) is 4.80. The van der Waals surface area contributed by atoms with Crippen molar-refractivity contribution in [3.63, 3.8) is 0 Å². The molecule has 0 aliphatic carbocycles. The molecule has 0 unspecified atom stereocenters. The predicted octanol–water partition coefficient (Wildman–Crippen LogP) is 4.56. The smallest absolute Gasteiger partial charge is 0.322 e. The average Bonchev–Trinajstić information content (AvgIpc) is 2.65. The molecule has 0 radical (unpaired) electrons. The van der Waals surface area contributed by atoms with Crippen molar-refractivity contribution in [2.45, 2.75) is 25.8 Å². The van der Waals surface area contributed by atoms with Crippen molar-refractivity contribution >= 4 is 29.3 Å². The normalized spacial score (nSPS) is 15.8. The van der Waals surface area contributed by atoms with Crippen LogP contribution in [0.3, 0.4) is 0 Å². The Balaban J connectivity index is 1.84. The van der Waals surface area contributed by atoms with Crippen LogP contribution < -0.4 is 5.32 Å². The second-order valence-corrected chi connectivity index (χ2v) is 6.63. The lowest BCUT2D eigenvalue weighted by atomic mass is 9.91. The second-order valence-electron chi connectivity index (χ2n) is 6.23. The summed E-state index contributed by atoms with van der Waals surface area (Å²) in [5.41, 5.74) is 2.44. The minimum atomic E-state index is -0.554. The van der Waals surface area contributed by atoms with E-state index in [0.717, 1.165) is 11.1 Å². The van der Waals surface area contributed by atoms with Crippen LogP contribution in [0.2, 0.25) is 5.02 Å². The molecule has 0 saturated heterocycles. The molecule has 1 aliphatic rings. The second kappa shape index (κ2) is 8.39. The van der Waals surface area contributed by atoms with Crippen LogP contribution in [0.15, 0.2) is 42.5 Å². The zero-order valence-corrected chi connectivity index (χ0v) is 15.6. The van der Waals surface area contributed by atoms with Crippen molar-refractivity contribution < 1.29 is 18.7 Å². The van der Waals surface area contributed by atoms with E-state index in [-0.39, 0.29) is 30.1 Å². The number of ether oxygens (including phenoxy) is 1. The minimum Gasteiger partial charge on any atom is -0.466 e. The summed E-state index contributed by atoms with van der Waals surface area (Å²) in [6, 6.07) is 10.9. The van der Waals surface area contributed by atoms with Crippen LogP contribution in [-0.2, 0) is 16.0 Å². The fourth-order valence-corrected chi connectivity index (χ4v) is 3.44. The summed E-state index contributed by atoms with van der Waals surface area (Å²) in [4.78, 5) is 26.5. The van der Waals surface area contributed by atoms with Crippen LogP contribution in [0.1, 0.15) is 30.5 Å². The molecule has 2 amide bonds. The summed E-state index contributed by atoms with van der Waals surface area (Å²) in [7, 11) is 0. The Morgan fingerprint density at radius 2 is 2.07 bits per heavy atom. The summed E-state index contributed by atoms with van der Waals surface area (Å²) in [5, 5.41) is 2.66. The number of nitrogens with zero attached hydrogens (tertiary/aromatic N) is 1. The van der Waals surface area contributed by atoms with Gasteiger partial charge in [-0.3, -0.25) is 4.79 Å². The molecule has 0 fully saturated rings. The van der Waals surface area contributed by atoms with Crippen LogP contribution in [0, 0.1) is 5.82 Å². The quantitative estimate of drug-likeness (QED) is 0.778. The van der Waals surface area contributed by atoms with Gasteiger partial charge in [0.2, 0.25) is 0 Å². The highest BCUT2D eigenvalue weighted by Gasteiger charge is 2.32. The maximum absolute atomic E-state index is 13.3. The van der Waals surface area contributed by atoms with Crippen LogP contribution in [0.4, 0.5) is 14.9 Å². The third kappa shape index (κ3) is 4.39. The lowest BCUT2D eigenvalue weighted by Crippen LogP contribution is -2.43. The Morgan fingerprint density at radius 3 is 2.81 bits per heavy atom. The van der Waals surface area contributed by atoms with E-state index in [1.165, 1.54) is 18.2 Å². The Labute approximate surface area is 162 Å². The first-order valence-corrected chi connectivity index (χ1v) is 9.13. The van der Waals surface area contributed by atoms with Gasteiger partial charge in [0.15, 0.2) is 0 Å². The van der Waals surface area contributed by atoms with Gasteiger partial charge in [-0.1, -0.05) is 35.9 Å². The molecular weight excluding hydrogens is 371 g/mol. The van der Waals surface area contributed by atoms with Crippen LogP contribution in [0.25, 0.3) is 0 Å². The first-order chi connectivity index (χ1) is 13.0. The number of fused-ring (bicyclic) bond motifs is 1. The van der Waals surface area contributed by atoms with E-state index in [9.17, 15) is 14.0 Å². The topological polar surface area (TPSA) is 58.6 Å². The molecule has 1 atom stereocenters. The van der Waals surface area contributed by atoms with Crippen molar-refractivity contribution in [2.75, 3.05) is 18.5 Å². The van der Waals surface area contributed by atoms with Crippen molar-refractivity contribution in [2.24, 2.45) is 0 Å². The first kappa shape index (κ1) is 19.2. The number of carbonyl (C=O) groups is 2. The number of halogens is 2. The molecule has 7 heteroatoms. The lowest BCUT2D eigenvalue weighted by molar-refractivity contribution is -0.144. The molecular formula is C20H20ClFN2O3. The molecule has 1 heterocycles. The monoisotopic (exact) mass is 390 g/mol. The number of rotatable bonds is 4. The molecule has 3 rings (SSSR count). The summed E-state index contributed by atoms with van der Waals surface area (Å²) in [5.74, 6) is -0.913. The van der Waals surface area contributed by atoms with Gasteiger partial charge in [0.1, 0.15) is 5.82 Å². The highest BCUT2D eigenvalue weighted by Crippen LogP contribution is 2.33. The van der Waals surface area contributed by atoms with Crippen molar-refractivity contribution in [3.05, 3.63) is 64.4 Å². The van der Waals surface area contributed by atoms with Gasteiger partial charge in [0, 0.05) is 12.2 Å². The van der Waals surface area contributed by atoms with Crippen molar-refractivity contribution in [1.29, 1.82) is 0 Å². The Bertz CT molecular complexity index is 859. The van der Waals surface area contributed by atoms with Gasteiger partial charge in [-0.05, 0) is 42.7 Å². The highest BCUT2D eigenvalue weighted by atomic mass is 35.5. The number of urea groups is 1. The number of hydrogen-bond donors (Lipinski definition) is 1. The number of anilines is 1. The molecule has 2 aromatic carbocycles. The minimum absolute atomic E-state index is 0.0696. The molecule has 5 nitrogen and oxygen atoms in total. The van der Waals surface area contributed by atoms with Crippen LogP contribution in [0.5, 0.6) is 0 Å². The summed E-state index contributed by atoms with van der Waals surface area (Å²) in [6.45, 7) is 2.49. The molecule has 0 saturated carbocycles. The molecule has 2 aromatic rings. The van der Waals surface area contributed by atoms with Gasteiger partial charge < -0.3 is 15.0 Å². The number of carbonyl (C=O) groups excluding carboxylic acids is 2. The number of benzene rings is 2. The van der Waals surface area contributed by atoms with E-state index in [2.05, 4.69) is 5.32 Å². The SMILES string of the molecule is CCOC(=O)C[C@@H]1c2ccccc2CCN1C(=O)Nc1ccc(F)c(Cl)c1. The first-order valence-electron chi connectivity index (χ1n) is 8.75. The highest BCUT2D eigenvalue weighted by molar-refractivity contribution is 6.31. The maximum atomic E-state index is 13.3. The maximum Gasteiger partial charge on any atom is 0.322 e. The largest absolute Gasteiger partial charge is 0.466 e. The van der Waals surface area contributed by atoms with E-state index in [1.807, 2.05) is 24.3 Å². The Hall–Kier alpha value is -2.60. The zero-order valence-electron chi connectivity index (χ0n) is 14.9. The number of esters is 1. The Kier molecular flexibility index (Phi) is 5.96. The van der Waals surface area contributed by atoms with Gasteiger partial charge in [0.25, 0.3) is 0 Å². The van der Waals surface area contributed by atoms with E-state index in [4.69, 9.17) is 16.3 Å². The van der Waals surface area contributed by atoms with Gasteiger partial charge in [-0.25, -0.2) is 9.18 Å². The van der Waals surface area contributed by atoms with E-state index >= 15 is 0 Å². The molecule has 0 bridgehead atoms. The van der Waals surface area contributed by atoms with Crippen LogP contribution >= 0.6 is 11.6 Å². The molecule has 142 valence electrons. The number of nitrogens with one attached hydrogen (secondary N) is 1. The van der Waals surface area contributed by atoms with E-state index < -0.39 is 11.9 Å². The van der Waals surface area contributed by atoms with Gasteiger partial charge in [-0.2, -0.15) is 0 Å². The summed E-state index contributed by atoms with van der Waals surface area (Å²) >= 11 is 5.78. The fourth-order valence-electron chi connectivity index (χ4n) is 3.26. The lowest BCUT2D eigenvalue weighted by Gasteiger charge is -2.37. The molecule has 1 aliphatic heterocycles. The standard InChI is InChI=1S/C20H20ClFN2O3/c1-2-27-19(25)12-18-15-6-4-3-5-13(15)9-10-24(18)20(26)23-14-7-8-17(22)16(21)11-14/h3-8,11,18H,2,9-10,12H2,1H3,(H,23,26)/t18-/m1/s1. The molecule has 27 heavy (non-hydrogen) atoms. The average molecular weight is 391 g/mol. The van der Waals surface area contributed by atoms with Gasteiger partial charge in [-0.15, -0.1) is 0 Å². The molecule has 0 spiro atoms.